The van der Waals surface area contributed by atoms with Gasteiger partial charge in [0, 0.05) is 5.56 Å². The van der Waals surface area contributed by atoms with Crippen molar-refractivity contribution < 1.29 is 38.4 Å². The van der Waals surface area contributed by atoms with E-state index >= 15 is 0 Å². The van der Waals surface area contributed by atoms with Gasteiger partial charge in [-0.15, -0.1) is 0 Å². The fraction of sp³-hybridized carbons (Fsp3) is 0.259. The number of thiazole rings is 1. The van der Waals surface area contributed by atoms with E-state index in [1.54, 1.807) is 56.3 Å². The van der Waals surface area contributed by atoms with Gasteiger partial charge in [-0.1, -0.05) is 23.5 Å². The highest BCUT2D eigenvalue weighted by Gasteiger charge is 2.48. The number of aliphatic hydroxyl groups is 1. The summed E-state index contributed by atoms with van der Waals surface area (Å²) in [5, 5.41) is 11.5. The van der Waals surface area contributed by atoms with E-state index in [1.165, 1.54) is 12.0 Å². The molecule has 0 bridgehead atoms. The Morgan fingerprint density at radius 1 is 1.13 bits per heavy atom. The van der Waals surface area contributed by atoms with Gasteiger partial charge < -0.3 is 24.1 Å². The number of methoxy groups -OCH3 is 1. The molecule has 11 heteroatoms. The van der Waals surface area contributed by atoms with E-state index in [0.717, 1.165) is 11.3 Å². The van der Waals surface area contributed by atoms with Crippen LogP contribution in [0, 0.1) is 6.92 Å². The molecule has 1 atom stereocenters. The molecular formula is C27H24N2O8S. The number of Topliss-reactive ketones (excluding diaryl/α,β-unsaturated/α-hetero) is 1. The highest BCUT2D eigenvalue weighted by molar-refractivity contribution is 7.17. The number of nitrogens with zero attached hydrogens (tertiary/aromatic N) is 2. The molecule has 1 aromatic heterocycles. The maximum absolute atomic E-state index is 13.4. The molecule has 0 aliphatic carbocycles. The number of ether oxygens (including phenoxy) is 4. The van der Waals surface area contributed by atoms with Gasteiger partial charge >= 0.3 is 11.9 Å². The summed E-state index contributed by atoms with van der Waals surface area (Å²) >= 11 is 0.947. The second kappa shape index (κ2) is 10.2. The van der Waals surface area contributed by atoms with E-state index < -0.39 is 23.7 Å². The first kappa shape index (κ1) is 25.3. The normalized spacial score (nSPS) is 18.0. The van der Waals surface area contributed by atoms with Crippen molar-refractivity contribution in [2.75, 3.05) is 31.8 Å². The van der Waals surface area contributed by atoms with Crippen LogP contribution in [0.2, 0.25) is 0 Å². The number of carbonyl (C=O) groups is 3. The van der Waals surface area contributed by atoms with Crippen LogP contribution in [-0.2, 0) is 14.3 Å². The molecule has 0 saturated carbocycles. The average Bonchev–Trinajstić information content (AvgIpc) is 3.44. The number of aryl methyl sites for hydroxylation is 1. The monoisotopic (exact) mass is 536 g/mol. The number of aliphatic hydroxyl groups excluding tert-OH is 1. The number of fused-ring (bicyclic) bond motifs is 1. The summed E-state index contributed by atoms with van der Waals surface area (Å²) in [7, 11) is 1.53. The Bertz CT molecular complexity index is 1460. The molecule has 5 rings (SSSR count). The van der Waals surface area contributed by atoms with Gasteiger partial charge in [-0.25, -0.2) is 9.78 Å². The van der Waals surface area contributed by atoms with Crippen LogP contribution in [0.4, 0.5) is 5.13 Å². The van der Waals surface area contributed by atoms with Crippen molar-refractivity contribution in [3.8, 4) is 17.2 Å². The van der Waals surface area contributed by atoms with Crippen LogP contribution in [-0.4, -0.2) is 54.7 Å². The fourth-order valence-corrected chi connectivity index (χ4v) is 5.34. The van der Waals surface area contributed by atoms with Crippen LogP contribution >= 0.6 is 11.3 Å². The van der Waals surface area contributed by atoms with Crippen LogP contribution in [0.15, 0.2) is 48.0 Å². The third-order valence-corrected chi connectivity index (χ3v) is 7.28. The predicted molar refractivity (Wildman–Crippen MR) is 138 cm³/mol. The summed E-state index contributed by atoms with van der Waals surface area (Å²) < 4.78 is 21.5. The number of hydrogen-bond donors (Lipinski definition) is 1. The number of benzene rings is 2. The Morgan fingerprint density at radius 2 is 1.84 bits per heavy atom. The number of amides is 1. The minimum Gasteiger partial charge on any atom is -0.507 e. The molecule has 1 fully saturated rings. The first-order valence-electron chi connectivity index (χ1n) is 11.8. The fourth-order valence-electron chi connectivity index (χ4n) is 4.35. The molecular weight excluding hydrogens is 512 g/mol. The highest BCUT2D eigenvalue weighted by Crippen LogP contribution is 2.45. The molecule has 38 heavy (non-hydrogen) atoms. The van der Waals surface area contributed by atoms with Crippen molar-refractivity contribution in [2.24, 2.45) is 0 Å². The second-order valence-corrected chi connectivity index (χ2v) is 9.41. The van der Waals surface area contributed by atoms with Crippen molar-refractivity contribution in [2.45, 2.75) is 19.9 Å². The van der Waals surface area contributed by atoms with Gasteiger partial charge in [0.2, 0.25) is 0 Å². The van der Waals surface area contributed by atoms with E-state index in [-0.39, 0.29) is 33.5 Å². The average molecular weight is 537 g/mol. The molecule has 10 nitrogen and oxygen atoms in total. The molecule has 2 aliphatic heterocycles. The topological polar surface area (TPSA) is 124 Å². The maximum Gasteiger partial charge on any atom is 0.350 e. The van der Waals surface area contributed by atoms with E-state index in [1.807, 2.05) is 0 Å². The summed E-state index contributed by atoms with van der Waals surface area (Å²) in [6.07, 6.45) is 0. The van der Waals surface area contributed by atoms with Crippen LogP contribution in [0.25, 0.3) is 5.76 Å². The summed E-state index contributed by atoms with van der Waals surface area (Å²) in [5.41, 5.74) is 1.07. The molecule has 3 aromatic rings. The minimum atomic E-state index is -1.02. The van der Waals surface area contributed by atoms with Crippen LogP contribution in [0.5, 0.6) is 17.2 Å². The Morgan fingerprint density at radius 3 is 2.53 bits per heavy atom. The zero-order chi connectivity index (χ0) is 27.0. The first-order valence-corrected chi connectivity index (χ1v) is 12.6. The Balaban J connectivity index is 1.66. The van der Waals surface area contributed by atoms with Gasteiger partial charge in [-0.3, -0.25) is 14.5 Å². The number of anilines is 1. The van der Waals surface area contributed by atoms with Crippen molar-refractivity contribution in [1.29, 1.82) is 0 Å². The van der Waals surface area contributed by atoms with Crippen LogP contribution in [0.1, 0.15) is 39.5 Å². The summed E-state index contributed by atoms with van der Waals surface area (Å²) in [6.45, 7) is 4.24. The van der Waals surface area contributed by atoms with E-state index in [2.05, 4.69) is 4.98 Å². The second-order valence-electron chi connectivity index (χ2n) is 8.43. The van der Waals surface area contributed by atoms with Crippen LogP contribution < -0.4 is 19.1 Å². The lowest BCUT2D eigenvalue weighted by Gasteiger charge is -2.23. The standard InChI is InChI=1S/C27H24N2O8S/c1-4-35-26(33)24-14(2)28-27(38-24)29-21(15-5-8-17(34-3)9-6-15)20(23(31)25(29)32)22(30)16-7-10-18-19(13-16)37-12-11-36-18/h5-10,13,21,30H,4,11-12H2,1-3H3/b22-20+/t21-/m0/s1. The summed E-state index contributed by atoms with van der Waals surface area (Å²) in [4.78, 5) is 45.1. The number of rotatable bonds is 6. The van der Waals surface area contributed by atoms with E-state index in [4.69, 9.17) is 18.9 Å². The van der Waals surface area contributed by atoms with Gasteiger partial charge in [0.15, 0.2) is 16.6 Å². The Labute approximate surface area is 222 Å². The third-order valence-electron chi connectivity index (χ3n) is 6.14. The van der Waals surface area contributed by atoms with E-state index in [9.17, 15) is 19.5 Å². The molecule has 0 unspecified atom stereocenters. The number of esters is 1. The van der Waals surface area contributed by atoms with Crippen molar-refractivity contribution in [3.05, 3.63) is 69.7 Å². The lowest BCUT2D eigenvalue weighted by Crippen LogP contribution is -2.29. The van der Waals surface area contributed by atoms with Gasteiger partial charge in [0.1, 0.15) is 29.6 Å². The minimum absolute atomic E-state index is 0.123. The molecule has 0 spiro atoms. The van der Waals surface area contributed by atoms with Crippen LogP contribution in [0.3, 0.4) is 0 Å². The largest absolute Gasteiger partial charge is 0.507 e. The molecule has 1 N–H and O–H groups in total. The zero-order valence-corrected chi connectivity index (χ0v) is 21.7. The number of hydrogen-bond acceptors (Lipinski definition) is 10. The molecule has 2 aromatic carbocycles. The SMILES string of the molecule is CCOC(=O)c1sc(N2C(=O)C(=O)/C(=C(/O)c3ccc4c(c3)OCCO4)[C@@H]2c2ccc(OC)cc2)nc1C. The van der Waals surface area contributed by atoms with Crippen molar-refractivity contribution in [1.82, 2.24) is 4.98 Å². The molecule has 0 radical (unpaired) electrons. The maximum atomic E-state index is 13.4. The van der Waals surface area contributed by atoms with Gasteiger partial charge in [-0.2, -0.15) is 0 Å². The van der Waals surface area contributed by atoms with Crippen molar-refractivity contribution >= 4 is 39.9 Å². The van der Waals surface area contributed by atoms with Crippen molar-refractivity contribution in [3.63, 3.8) is 0 Å². The molecule has 196 valence electrons. The predicted octanol–water partition coefficient (Wildman–Crippen LogP) is 4.03. The van der Waals surface area contributed by atoms with Gasteiger partial charge in [0.25, 0.3) is 5.78 Å². The Hall–Kier alpha value is -4.38. The lowest BCUT2D eigenvalue weighted by atomic mass is 9.95. The number of aromatic nitrogens is 1. The highest BCUT2D eigenvalue weighted by atomic mass is 32.1. The summed E-state index contributed by atoms with van der Waals surface area (Å²) in [5.74, 6) is -1.19. The van der Waals surface area contributed by atoms with Gasteiger partial charge in [-0.05, 0) is 49.7 Å². The lowest BCUT2D eigenvalue weighted by molar-refractivity contribution is -0.132. The summed E-state index contributed by atoms with van der Waals surface area (Å²) in [6, 6.07) is 10.6. The van der Waals surface area contributed by atoms with Gasteiger partial charge in [0.05, 0.1) is 31.0 Å². The Kier molecular flexibility index (Phi) is 6.77. The zero-order valence-electron chi connectivity index (χ0n) is 20.8. The molecule has 1 saturated heterocycles. The van der Waals surface area contributed by atoms with E-state index in [0.29, 0.717) is 41.7 Å². The first-order chi connectivity index (χ1) is 18.3. The smallest absolute Gasteiger partial charge is 0.350 e. The molecule has 3 heterocycles. The quantitative estimate of drug-likeness (QED) is 0.215. The third kappa shape index (κ3) is 4.34. The number of carbonyl (C=O) groups excluding carboxylic acids is 3. The number of ketones is 1. The molecule has 1 amide bonds. The molecule has 2 aliphatic rings.